The molecule has 9 heteroatoms. The molecule has 1 fully saturated rings. The van der Waals surface area contributed by atoms with Crippen molar-refractivity contribution >= 4 is 22.4 Å². The number of halogens is 3. The van der Waals surface area contributed by atoms with E-state index in [1.54, 1.807) is 0 Å². The molecule has 2 heterocycles. The molecule has 0 aromatic carbocycles. The number of alkyl halides is 3. The lowest BCUT2D eigenvalue weighted by Gasteiger charge is -2.35. The number of piperazine rings is 1. The first-order chi connectivity index (χ1) is 9.40. The lowest BCUT2D eigenvalue weighted by atomic mass is 10.3. The Kier molecular flexibility index (Phi) is 4.59. The normalized spacial score (nSPS) is 17.5. The van der Waals surface area contributed by atoms with Crippen LogP contribution in [0.25, 0.3) is 0 Å². The third-order valence-corrected chi connectivity index (χ3v) is 3.91. The summed E-state index contributed by atoms with van der Waals surface area (Å²) >= 11 is 1.22. The molecule has 114 valence electrons. The average molecular weight is 310 g/mol. The van der Waals surface area contributed by atoms with Crippen LogP contribution >= 0.6 is 11.5 Å². The molecule has 0 bridgehead atoms. The maximum Gasteiger partial charge on any atom is 0.401 e. The number of hydrogen-bond acceptors (Lipinski definition) is 6. The summed E-state index contributed by atoms with van der Waals surface area (Å²) in [5.74, 6) is 0.881. The van der Waals surface area contributed by atoms with Crippen LogP contribution in [0.5, 0.6) is 5.75 Å². The lowest BCUT2D eigenvalue weighted by Crippen LogP contribution is -2.49. The second-order valence-electron chi connectivity index (χ2n) is 4.51. The number of hydrogen-bond donors (Lipinski definition) is 1. The van der Waals surface area contributed by atoms with Crippen LogP contribution in [-0.2, 0) is 0 Å². The van der Waals surface area contributed by atoms with Crippen LogP contribution in [0.15, 0.2) is 0 Å². The van der Waals surface area contributed by atoms with Crippen molar-refractivity contribution in [3.8, 4) is 5.75 Å². The molecule has 1 aliphatic rings. The number of nitrogens with zero attached hydrogens (tertiary/aromatic N) is 3. The SMILES string of the molecule is CCOc1c(N)nsc1N1CCN(CC(F)(F)F)CC1. The predicted octanol–water partition coefficient (Wildman–Crippen LogP) is 1.81. The molecule has 2 rings (SSSR count). The fraction of sp³-hybridized carbons (Fsp3) is 0.727. The molecule has 5 nitrogen and oxygen atoms in total. The molecule has 0 unspecified atom stereocenters. The molecule has 0 saturated carbocycles. The Balaban J connectivity index is 1.97. The van der Waals surface area contributed by atoms with Gasteiger partial charge in [-0.3, -0.25) is 4.90 Å². The monoisotopic (exact) mass is 310 g/mol. The van der Waals surface area contributed by atoms with E-state index in [1.807, 2.05) is 11.8 Å². The van der Waals surface area contributed by atoms with Crippen LogP contribution in [0.2, 0.25) is 0 Å². The van der Waals surface area contributed by atoms with E-state index in [2.05, 4.69) is 4.37 Å². The first-order valence-corrected chi connectivity index (χ1v) is 7.10. The van der Waals surface area contributed by atoms with Crippen molar-refractivity contribution in [1.82, 2.24) is 9.27 Å². The van der Waals surface area contributed by atoms with Crippen LogP contribution in [-0.4, -0.2) is 54.8 Å². The summed E-state index contributed by atoms with van der Waals surface area (Å²) in [6.07, 6.45) is -4.15. The van der Waals surface area contributed by atoms with Crippen molar-refractivity contribution in [3.63, 3.8) is 0 Å². The molecule has 1 saturated heterocycles. The van der Waals surface area contributed by atoms with E-state index in [1.165, 1.54) is 16.4 Å². The quantitative estimate of drug-likeness (QED) is 0.919. The van der Waals surface area contributed by atoms with E-state index >= 15 is 0 Å². The molecular formula is C11H17F3N4OS. The van der Waals surface area contributed by atoms with Gasteiger partial charge in [-0.2, -0.15) is 17.5 Å². The van der Waals surface area contributed by atoms with Crippen molar-refractivity contribution in [1.29, 1.82) is 0 Å². The molecule has 0 atom stereocenters. The van der Waals surface area contributed by atoms with Gasteiger partial charge >= 0.3 is 6.18 Å². The molecule has 0 radical (unpaired) electrons. The minimum absolute atomic E-state index is 0.338. The van der Waals surface area contributed by atoms with E-state index < -0.39 is 12.7 Å². The van der Waals surface area contributed by atoms with Crippen LogP contribution in [0.1, 0.15) is 6.92 Å². The third kappa shape index (κ3) is 3.66. The first kappa shape index (κ1) is 15.2. The second-order valence-corrected chi connectivity index (χ2v) is 5.27. The molecule has 1 aromatic heterocycles. The largest absolute Gasteiger partial charge is 0.487 e. The third-order valence-electron chi connectivity index (χ3n) is 3.01. The van der Waals surface area contributed by atoms with Gasteiger partial charge in [0.15, 0.2) is 16.6 Å². The van der Waals surface area contributed by atoms with Crippen LogP contribution in [0, 0.1) is 0 Å². The number of ether oxygens (including phenoxy) is 1. The lowest BCUT2D eigenvalue weighted by molar-refractivity contribution is -0.146. The molecule has 0 spiro atoms. The van der Waals surface area contributed by atoms with Crippen LogP contribution in [0.3, 0.4) is 0 Å². The fourth-order valence-electron chi connectivity index (χ4n) is 2.13. The maximum atomic E-state index is 12.3. The van der Waals surface area contributed by atoms with Gasteiger partial charge in [0.25, 0.3) is 0 Å². The Labute approximate surface area is 119 Å². The summed E-state index contributed by atoms with van der Waals surface area (Å²) in [6.45, 7) is 3.22. The summed E-state index contributed by atoms with van der Waals surface area (Å²) in [7, 11) is 0. The highest BCUT2D eigenvalue weighted by molar-refractivity contribution is 7.11. The van der Waals surface area contributed by atoms with Crippen LogP contribution in [0.4, 0.5) is 24.0 Å². The summed E-state index contributed by atoms with van der Waals surface area (Å²) < 4.78 is 46.5. The molecule has 1 aromatic rings. The molecule has 2 N–H and O–H groups in total. The Morgan fingerprint density at radius 1 is 1.30 bits per heavy atom. The van der Waals surface area contributed by atoms with E-state index in [0.29, 0.717) is 44.4 Å². The summed E-state index contributed by atoms with van der Waals surface area (Å²) in [4.78, 5) is 3.38. The van der Waals surface area contributed by atoms with Crippen molar-refractivity contribution in [2.45, 2.75) is 13.1 Å². The molecule has 0 aliphatic carbocycles. The topological polar surface area (TPSA) is 54.6 Å². The summed E-state index contributed by atoms with van der Waals surface area (Å²) in [6, 6.07) is 0. The number of aromatic nitrogens is 1. The van der Waals surface area contributed by atoms with E-state index in [-0.39, 0.29) is 0 Å². The van der Waals surface area contributed by atoms with Gasteiger partial charge < -0.3 is 15.4 Å². The number of nitrogens with two attached hydrogens (primary N) is 1. The average Bonchev–Trinajstić information content (AvgIpc) is 2.71. The van der Waals surface area contributed by atoms with Gasteiger partial charge in [-0.15, -0.1) is 0 Å². The Morgan fingerprint density at radius 3 is 2.50 bits per heavy atom. The van der Waals surface area contributed by atoms with Crippen molar-refractivity contribution in [2.75, 3.05) is 50.0 Å². The Bertz CT molecular complexity index is 443. The Hall–Kier alpha value is -1.22. The highest BCUT2D eigenvalue weighted by Gasteiger charge is 2.33. The molecule has 20 heavy (non-hydrogen) atoms. The summed E-state index contributed by atoms with van der Waals surface area (Å²) in [5.41, 5.74) is 5.73. The standard InChI is InChI=1S/C11H17F3N4OS/c1-2-19-8-9(15)16-20-10(8)18-5-3-17(4-6-18)7-11(12,13)14/h2-7H2,1H3,(H2,15,16). The smallest absolute Gasteiger partial charge is 0.401 e. The maximum absolute atomic E-state index is 12.3. The minimum atomic E-state index is -4.15. The zero-order chi connectivity index (χ0) is 14.8. The van der Waals surface area contributed by atoms with E-state index in [4.69, 9.17) is 10.5 Å². The van der Waals surface area contributed by atoms with Gasteiger partial charge in [0, 0.05) is 26.2 Å². The highest BCUT2D eigenvalue weighted by Crippen LogP contribution is 2.38. The van der Waals surface area contributed by atoms with E-state index in [9.17, 15) is 13.2 Å². The first-order valence-electron chi connectivity index (χ1n) is 6.32. The number of rotatable bonds is 4. The van der Waals surface area contributed by atoms with Crippen LogP contribution < -0.4 is 15.4 Å². The number of anilines is 2. The zero-order valence-electron chi connectivity index (χ0n) is 11.1. The van der Waals surface area contributed by atoms with Gasteiger partial charge in [-0.1, -0.05) is 0 Å². The van der Waals surface area contributed by atoms with Gasteiger partial charge in [-0.05, 0) is 18.5 Å². The fourth-order valence-corrected chi connectivity index (χ4v) is 2.94. The summed E-state index contributed by atoms with van der Waals surface area (Å²) in [5, 5.41) is 0.802. The highest BCUT2D eigenvalue weighted by atomic mass is 32.1. The van der Waals surface area contributed by atoms with Crippen molar-refractivity contribution < 1.29 is 17.9 Å². The van der Waals surface area contributed by atoms with E-state index in [0.717, 1.165) is 5.00 Å². The molecule has 0 amide bonds. The van der Waals surface area contributed by atoms with Gasteiger partial charge in [-0.25, -0.2) is 0 Å². The Morgan fingerprint density at radius 2 is 1.95 bits per heavy atom. The van der Waals surface area contributed by atoms with Gasteiger partial charge in [0.05, 0.1) is 13.2 Å². The number of nitrogen functional groups attached to an aromatic ring is 1. The molecular weight excluding hydrogens is 293 g/mol. The van der Waals surface area contributed by atoms with Gasteiger partial charge in [0.2, 0.25) is 0 Å². The second kappa shape index (κ2) is 6.04. The van der Waals surface area contributed by atoms with Gasteiger partial charge in [0.1, 0.15) is 0 Å². The van der Waals surface area contributed by atoms with Crippen molar-refractivity contribution in [2.24, 2.45) is 0 Å². The minimum Gasteiger partial charge on any atom is -0.487 e. The van der Waals surface area contributed by atoms with Crippen molar-refractivity contribution in [3.05, 3.63) is 0 Å². The zero-order valence-corrected chi connectivity index (χ0v) is 11.9. The predicted molar refractivity (Wildman–Crippen MR) is 72.4 cm³/mol. The molecule has 1 aliphatic heterocycles.